The van der Waals surface area contributed by atoms with Crippen molar-refractivity contribution in [3.05, 3.63) is 0 Å². The number of likely N-dealkylation sites (N-methyl/N-ethyl adjacent to an activating group) is 1. The Labute approximate surface area is 115 Å². The molecule has 1 aliphatic carbocycles. The van der Waals surface area contributed by atoms with E-state index in [0.717, 1.165) is 19.3 Å². The molecule has 0 aromatic carbocycles. The van der Waals surface area contributed by atoms with Gasteiger partial charge in [0.2, 0.25) is 11.8 Å². The lowest BCUT2D eigenvalue weighted by atomic mass is 9.79. The number of carbonyl (C=O) groups is 2. The van der Waals surface area contributed by atoms with Crippen molar-refractivity contribution < 1.29 is 9.59 Å². The lowest BCUT2D eigenvalue weighted by Gasteiger charge is -2.31. The van der Waals surface area contributed by atoms with Crippen LogP contribution < -0.4 is 11.1 Å². The van der Waals surface area contributed by atoms with Gasteiger partial charge in [-0.1, -0.05) is 6.92 Å². The second kappa shape index (κ2) is 6.89. The zero-order chi connectivity index (χ0) is 14.6. The average molecular weight is 269 g/mol. The first-order valence-corrected chi connectivity index (χ1v) is 7.16. The second-order valence-corrected chi connectivity index (χ2v) is 5.85. The van der Waals surface area contributed by atoms with Crippen molar-refractivity contribution in [2.45, 2.75) is 52.1 Å². The fourth-order valence-electron chi connectivity index (χ4n) is 2.75. The first kappa shape index (κ1) is 16.0. The molecular weight excluding hydrogens is 242 g/mol. The number of amides is 2. The molecule has 0 heterocycles. The minimum atomic E-state index is -0.467. The van der Waals surface area contributed by atoms with Crippen LogP contribution in [0.1, 0.15) is 40.0 Å². The Morgan fingerprint density at radius 1 is 1.37 bits per heavy atom. The van der Waals surface area contributed by atoms with E-state index in [1.807, 2.05) is 6.92 Å². The van der Waals surface area contributed by atoms with Crippen LogP contribution in [0.5, 0.6) is 0 Å². The number of rotatable bonds is 4. The van der Waals surface area contributed by atoms with Crippen molar-refractivity contribution in [1.82, 2.24) is 10.2 Å². The molecule has 4 atom stereocenters. The maximum Gasteiger partial charge on any atom is 0.244 e. The zero-order valence-electron chi connectivity index (χ0n) is 12.5. The van der Waals surface area contributed by atoms with Crippen molar-refractivity contribution in [1.29, 1.82) is 0 Å². The third-order valence-corrected chi connectivity index (χ3v) is 3.93. The molecule has 3 N–H and O–H groups in total. The highest BCUT2D eigenvalue weighted by Crippen LogP contribution is 2.28. The highest BCUT2D eigenvalue weighted by Gasteiger charge is 2.30. The van der Waals surface area contributed by atoms with Crippen molar-refractivity contribution >= 4 is 11.8 Å². The SMILES string of the molecule is CCN(C)C(=O)C(C)NC(=O)C1CC(C)CC(N)C1. The predicted octanol–water partition coefficient (Wildman–Crippen LogP) is 0.733. The number of nitrogens with zero attached hydrogens (tertiary/aromatic N) is 1. The summed E-state index contributed by atoms with van der Waals surface area (Å²) in [5, 5.41) is 2.82. The lowest BCUT2D eigenvalue weighted by Crippen LogP contribution is -2.49. The van der Waals surface area contributed by atoms with Crippen LogP contribution in [0.25, 0.3) is 0 Å². The molecule has 0 radical (unpaired) electrons. The molecule has 19 heavy (non-hydrogen) atoms. The fraction of sp³-hybridized carbons (Fsp3) is 0.857. The third-order valence-electron chi connectivity index (χ3n) is 3.93. The molecular formula is C14H27N3O2. The van der Waals surface area contributed by atoms with Gasteiger partial charge in [0, 0.05) is 25.6 Å². The van der Waals surface area contributed by atoms with Gasteiger partial charge in [0.25, 0.3) is 0 Å². The molecule has 5 nitrogen and oxygen atoms in total. The van der Waals surface area contributed by atoms with Gasteiger partial charge in [-0.15, -0.1) is 0 Å². The quantitative estimate of drug-likeness (QED) is 0.790. The zero-order valence-corrected chi connectivity index (χ0v) is 12.5. The number of hydrogen-bond acceptors (Lipinski definition) is 3. The topological polar surface area (TPSA) is 75.4 Å². The summed E-state index contributed by atoms with van der Waals surface area (Å²) in [6.07, 6.45) is 2.57. The highest BCUT2D eigenvalue weighted by atomic mass is 16.2. The second-order valence-electron chi connectivity index (χ2n) is 5.85. The summed E-state index contributed by atoms with van der Waals surface area (Å²) in [4.78, 5) is 25.7. The number of hydrogen-bond donors (Lipinski definition) is 2. The first-order chi connectivity index (χ1) is 8.85. The van der Waals surface area contributed by atoms with Crippen LogP contribution in [-0.4, -0.2) is 42.4 Å². The lowest BCUT2D eigenvalue weighted by molar-refractivity contribution is -0.136. The summed E-state index contributed by atoms with van der Waals surface area (Å²) in [6, 6.07) is -0.366. The van der Waals surface area contributed by atoms with Gasteiger partial charge < -0.3 is 16.0 Å². The van der Waals surface area contributed by atoms with Gasteiger partial charge in [-0.2, -0.15) is 0 Å². The molecule has 0 aliphatic heterocycles. The van der Waals surface area contributed by atoms with Gasteiger partial charge in [0.05, 0.1) is 0 Å². The van der Waals surface area contributed by atoms with Crippen molar-refractivity contribution in [3.63, 3.8) is 0 Å². The summed E-state index contributed by atoms with van der Waals surface area (Å²) in [5.41, 5.74) is 5.96. The fourth-order valence-corrected chi connectivity index (χ4v) is 2.75. The Kier molecular flexibility index (Phi) is 5.79. The van der Waals surface area contributed by atoms with Gasteiger partial charge in [0.15, 0.2) is 0 Å². The Hall–Kier alpha value is -1.10. The molecule has 5 heteroatoms. The van der Waals surface area contributed by atoms with Gasteiger partial charge in [-0.3, -0.25) is 9.59 Å². The monoisotopic (exact) mass is 269 g/mol. The van der Waals surface area contributed by atoms with E-state index in [2.05, 4.69) is 12.2 Å². The Bertz CT molecular complexity index is 323. The molecule has 0 bridgehead atoms. The maximum atomic E-state index is 12.2. The van der Waals surface area contributed by atoms with Crippen LogP contribution in [0, 0.1) is 11.8 Å². The van der Waals surface area contributed by atoms with Crippen molar-refractivity contribution in [2.75, 3.05) is 13.6 Å². The van der Waals surface area contributed by atoms with Crippen LogP contribution in [0.3, 0.4) is 0 Å². The summed E-state index contributed by atoms with van der Waals surface area (Å²) in [5.74, 6) is 0.334. The Morgan fingerprint density at radius 2 is 2.00 bits per heavy atom. The van der Waals surface area contributed by atoms with E-state index in [9.17, 15) is 9.59 Å². The molecule has 1 aliphatic rings. The standard InChI is InChI=1S/C14H27N3O2/c1-5-17(4)14(19)10(3)16-13(18)11-6-9(2)7-12(15)8-11/h9-12H,5-8,15H2,1-4H3,(H,16,18). The molecule has 110 valence electrons. The number of nitrogens with two attached hydrogens (primary N) is 1. The van der Waals surface area contributed by atoms with Crippen LogP contribution in [-0.2, 0) is 9.59 Å². The van der Waals surface area contributed by atoms with E-state index in [-0.39, 0.29) is 23.8 Å². The predicted molar refractivity (Wildman–Crippen MR) is 75.4 cm³/mol. The molecule has 0 spiro atoms. The van der Waals surface area contributed by atoms with Crippen molar-refractivity contribution in [2.24, 2.45) is 17.6 Å². The number of nitrogens with one attached hydrogen (secondary N) is 1. The minimum Gasteiger partial charge on any atom is -0.344 e. The van der Waals surface area contributed by atoms with E-state index in [0.29, 0.717) is 12.5 Å². The molecule has 1 saturated carbocycles. The molecule has 0 aromatic rings. The van der Waals surface area contributed by atoms with Crippen molar-refractivity contribution in [3.8, 4) is 0 Å². The maximum absolute atomic E-state index is 12.2. The Morgan fingerprint density at radius 3 is 2.53 bits per heavy atom. The van der Waals surface area contributed by atoms with E-state index in [1.54, 1.807) is 18.9 Å². The van der Waals surface area contributed by atoms with Crippen LogP contribution in [0.4, 0.5) is 0 Å². The van der Waals surface area contributed by atoms with Crippen LogP contribution >= 0.6 is 0 Å². The number of carbonyl (C=O) groups excluding carboxylic acids is 2. The molecule has 4 unspecified atom stereocenters. The normalized spacial score (nSPS) is 28.6. The van der Waals surface area contributed by atoms with Crippen LogP contribution in [0.2, 0.25) is 0 Å². The van der Waals surface area contributed by atoms with E-state index >= 15 is 0 Å². The van der Waals surface area contributed by atoms with E-state index in [1.165, 1.54) is 0 Å². The highest BCUT2D eigenvalue weighted by molar-refractivity contribution is 5.88. The minimum absolute atomic E-state index is 0.0349. The van der Waals surface area contributed by atoms with Gasteiger partial charge in [0.1, 0.15) is 6.04 Å². The van der Waals surface area contributed by atoms with Gasteiger partial charge >= 0.3 is 0 Å². The van der Waals surface area contributed by atoms with Gasteiger partial charge in [-0.25, -0.2) is 0 Å². The summed E-state index contributed by atoms with van der Waals surface area (Å²) < 4.78 is 0. The third kappa shape index (κ3) is 4.49. The molecule has 0 saturated heterocycles. The smallest absolute Gasteiger partial charge is 0.244 e. The average Bonchev–Trinajstić information content (AvgIpc) is 2.35. The molecule has 1 fully saturated rings. The summed E-state index contributed by atoms with van der Waals surface area (Å²) in [6.45, 7) is 6.41. The van der Waals surface area contributed by atoms with E-state index < -0.39 is 6.04 Å². The van der Waals surface area contributed by atoms with Crippen LogP contribution in [0.15, 0.2) is 0 Å². The molecule has 0 aromatic heterocycles. The summed E-state index contributed by atoms with van der Waals surface area (Å²) in [7, 11) is 1.74. The molecule has 2 amide bonds. The molecule has 1 rings (SSSR count). The first-order valence-electron chi connectivity index (χ1n) is 7.16. The van der Waals surface area contributed by atoms with E-state index in [4.69, 9.17) is 5.73 Å². The largest absolute Gasteiger partial charge is 0.344 e. The Balaban J connectivity index is 2.52. The van der Waals surface area contributed by atoms with Gasteiger partial charge in [-0.05, 0) is 39.0 Å². The summed E-state index contributed by atoms with van der Waals surface area (Å²) >= 11 is 0.